The van der Waals surface area contributed by atoms with Gasteiger partial charge in [0.1, 0.15) is 6.04 Å². The predicted molar refractivity (Wildman–Crippen MR) is 64.8 cm³/mol. The molecule has 0 heterocycles. The highest BCUT2D eigenvalue weighted by Crippen LogP contribution is 2.26. The molecule has 0 aromatic rings. The molecule has 1 saturated carbocycles. The third-order valence-electron chi connectivity index (χ3n) is 3.32. The smallest absolute Gasteiger partial charge is 0.326 e. The molecule has 1 rings (SSSR count). The van der Waals surface area contributed by atoms with Gasteiger partial charge in [-0.3, -0.25) is 0 Å². The summed E-state index contributed by atoms with van der Waals surface area (Å²) in [6.45, 7) is 4.28. The topological polar surface area (TPSA) is 69.6 Å². The van der Waals surface area contributed by atoms with E-state index in [4.69, 9.17) is 5.11 Å². The maximum absolute atomic E-state index is 11.8. The van der Waals surface area contributed by atoms with E-state index in [-0.39, 0.29) is 11.9 Å². The van der Waals surface area contributed by atoms with Crippen molar-refractivity contribution < 1.29 is 14.7 Å². The van der Waals surface area contributed by atoms with E-state index in [0.29, 0.717) is 5.92 Å². The van der Waals surface area contributed by atoms with Gasteiger partial charge in [0, 0.05) is 13.6 Å². The maximum atomic E-state index is 11.8. The number of aliphatic carboxylic acids is 1. The van der Waals surface area contributed by atoms with Gasteiger partial charge < -0.3 is 15.3 Å². The molecule has 0 aliphatic heterocycles. The van der Waals surface area contributed by atoms with Gasteiger partial charge in [0.15, 0.2) is 0 Å². The van der Waals surface area contributed by atoms with Crippen LogP contribution in [0.15, 0.2) is 0 Å². The van der Waals surface area contributed by atoms with Gasteiger partial charge in [-0.2, -0.15) is 0 Å². The number of urea groups is 1. The lowest BCUT2D eigenvalue weighted by Crippen LogP contribution is -2.50. The van der Waals surface area contributed by atoms with Crippen molar-refractivity contribution in [3.05, 3.63) is 0 Å². The Morgan fingerprint density at radius 2 is 2.00 bits per heavy atom. The zero-order valence-electron chi connectivity index (χ0n) is 10.8. The molecule has 0 radical (unpaired) electrons. The second kappa shape index (κ2) is 5.89. The summed E-state index contributed by atoms with van der Waals surface area (Å²) in [5.74, 6) is -0.507. The van der Waals surface area contributed by atoms with E-state index in [1.54, 1.807) is 25.8 Å². The molecule has 1 aliphatic carbocycles. The van der Waals surface area contributed by atoms with Gasteiger partial charge in [-0.25, -0.2) is 9.59 Å². The fraction of sp³-hybridized carbons (Fsp3) is 0.833. The van der Waals surface area contributed by atoms with E-state index >= 15 is 0 Å². The molecule has 2 amide bonds. The highest BCUT2D eigenvalue weighted by Gasteiger charge is 2.26. The van der Waals surface area contributed by atoms with Crippen LogP contribution in [-0.2, 0) is 4.79 Å². The predicted octanol–water partition coefficient (Wildman–Crippen LogP) is 1.54. The quantitative estimate of drug-likeness (QED) is 0.768. The van der Waals surface area contributed by atoms with Crippen LogP contribution in [0.2, 0.25) is 0 Å². The summed E-state index contributed by atoms with van der Waals surface area (Å²) >= 11 is 0. The molecular formula is C12H22N2O3. The summed E-state index contributed by atoms with van der Waals surface area (Å²) in [6.07, 6.45) is 3.58. The molecule has 0 bridgehead atoms. The second-order valence-electron chi connectivity index (χ2n) is 5.19. The molecule has 0 saturated heterocycles. The van der Waals surface area contributed by atoms with Gasteiger partial charge in [-0.15, -0.1) is 0 Å². The number of rotatable bonds is 5. The van der Waals surface area contributed by atoms with Crippen molar-refractivity contribution in [1.29, 1.82) is 0 Å². The Bertz CT molecular complexity index is 287. The molecule has 5 heteroatoms. The van der Waals surface area contributed by atoms with Gasteiger partial charge in [0.05, 0.1) is 0 Å². The molecule has 0 aromatic heterocycles. The molecule has 0 unspecified atom stereocenters. The molecule has 1 atom stereocenters. The minimum atomic E-state index is -0.981. The number of amides is 2. The van der Waals surface area contributed by atoms with Crippen LogP contribution in [-0.4, -0.2) is 41.6 Å². The average molecular weight is 242 g/mol. The number of hydrogen-bond acceptors (Lipinski definition) is 2. The summed E-state index contributed by atoms with van der Waals surface area (Å²) in [7, 11) is 1.72. The van der Waals surface area contributed by atoms with Crippen molar-refractivity contribution in [3.8, 4) is 0 Å². The number of carboxylic acid groups (broad SMARTS) is 1. The standard InChI is InChI=1S/C12H22N2O3/c1-8(2)10(11(15)16)13-12(17)14(3)7-9-5-4-6-9/h8-10H,4-7H2,1-3H3,(H,13,17)(H,15,16)/t10-/m0/s1. The van der Waals surface area contributed by atoms with Crippen molar-refractivity contribution in [1.82, 2.24) is 10.2 Å². The van der Waals surface area contributed by atoms with Crippen LogP contribution in [0.4, 0.5) is 4.79 Å². The third-order valence-corrected chi connectivity index (χ3v) is 3.32. The number of hydrogen-bond donors (Lipinski definition) is 2. The Balaban J connectivity index is 2.42. The first-order valence-electron chi connectivity index (χ1n) is 6.16. The summed E-state index contributed by atoms with van der Waals surface area (Å²) in [6, 6.07) is -1.11. The summed E-state index contributed by atoms with van der Waals surface area (Å²) in [4.78, 5) is 24.3. The minimum Gasteiger partial charge on any atom is -0.480 e. The summed E-state index contributed by atoms with van der Waals surface area (Å²) in [5, 5.41) is 11.5. The maximum Gasteiger partial charge on any atom is 0.326 e. The van der Waals surface area contributed by atoms with E-state index in [2.05, 4.69) is 5.32 Å². The zero-order chi connectivity index (χ0) is 13.0. The van der Waals surface area contributed by atoms with Crippen molar-refractivity contribution in [2.45, 2.75) is 39.2 Å². The van der Waals surface area contributed by atoms with Gasteiger partial charge in [-0.05, 0) is 24.7 Å². The van der Waals surface area contributed by atoms with Crippen LogP contribution in [0, 0.1) is 11.8 Å². The Morgan fingerprint density at radius 3 is 2.35 bits per heavy atom. The minimum absolute atomic E-state index is 0.117. The van der Waals surface area contributed by atoms with Crippen LogP contribution >= 0.6 is 0 Å². The number of carbonyl (C=O) groups excluding carboxylic acids is 1. The van der Waals surface area contributed by atoms with Crippen molar-refractivity contribution in [2.24, 2.45) is 11.8 Å². The summed E-state index contributed by atoms with van der Waals surface area (Å²) in [5.41, 5.74) is 0. The van der Waals surface area contributed by atoms with Gasteiger partial charge in [0.25, 0.3) is 0 Å². The number of carbonyl (C=O) groups is 2. The summed E-state index contributed by atoms with van der Waals surface area (Å²) < 4.78 is 0. The lowest BCUT2D eigenvalue weighted by molar-refractivity contribution is -0.140. The third kappa shape index (κ3) is 3.91. The van der Waals surface area contributed by atoms with E-state index in [1.165, 1.54) is 19.3 Å². The lowest BCUT2D eigenvalue weighted by Gasteiger charge is -2.31. The molecule has 17 heavy (non-hydrogen) atoms. The first kappa shape index (κ1) is 13.8. The largest absolute Gasteiger partial charge is 0.480 e. The Labute approximate surface area is 102 Å². The van der Waals surface area contributed by atoms with Crippen LogP contribution in [0.25, 0.3) is 0 Å². The number of nitrogens with one attached hydrogen (secondary N) is 1. The fourth-order valence-corrected chi connectivity index (χ4v) is 1.90. The van der Waals surface area contributed by atoms with Crippen LogP contribution < -0.4 is 5.32 Å². The van der Waals surface area contributed by atoms with Gasteiger partial charge >= 0.3 is 12.0 Å². The normalized spacial score (nSPS) is 17.4. The van der Waals surface area contributed by atoms with E-state index in [1.807, 2.05) is 0 Å². The second-order valence-corrected chi connectivity index (χ2v) is 5.19. The zero-order valence-corrected chi connectivity index (χ0v) is 10.8. The van der Waals surface area contributed by atoms with Crippen LogP contribution in [0.3, 0.4) is 0 Å². The number of carboxylic acids is 1. The first-order chi connectivity index (χ1) is 7.91. The Hall–Kier alpha value is -1.26. The van der Waals surface area contributed by atoms with E-state index in [0.717, 1.165) is 6.54 Å². The van der Waals surface area contributed by atoms with Gasteiger partial charge in [-0.1, -0.05) is 20.3 Å². The van der Waals surface area contributed by atoms with Crippen LogP contribution in [0.5, 0.6) is 0 Å². The van der Waals surface area contributed by atoms with E-state index < -0.39 is 12.0 Å². The van der Waals surface area contributed by atoms with Crippen molar-refractivity contribution in [2.75, 3.05) is 13.6 Å². The van der Waals surface area contributed by atoms with Gasteiger partial charge in [0.2, 0.25) is 0 Å². The monoisotopic (exact) mass is 242 g/mol. The van der Waals surface area contributed by atoms with Crippen LogP contribution in [0.1, 0.15) is 33.1 Å². The highest BCUT2D eigenvalue weighted by atomic mass is 16.4. The highest BCUT2D eigenvalue weighted by molar-refractivity contribution is 5.82. The molecule has 0 spiro atoms. The molecular weight excluding hydrogens is 220 g/mol. The van der Waals surface area contributed by atoms with Crippen molar-refractivity contribution >= 4 is 12.0 Å². The molecule has 98 valence electrons. The Morgan fingerprint density at radius 1 is 1.41 bits per heavy atom. The molecule has 0 aromatic carbocycles. The van der Waals surface area contributed by atoms with E-state index in [9.17, 15) is 9.59 Å². The molecule has 1 fully saturated rings. The average Bonchev–Trinajstić information content (AvgIpc) is 2.18. The molecule has 2 N–H and O–H groups in total. The fourth-order valence-electron chi connectivity index (χ4n) is 1.90. The Kier molecular flexibility index (Phi) is 4.78. The molecule has 5 nitrogen and oxygen atoms in total. The lowest BCUT2D eigenvalue weighted by atomic mass is 9.85. The first-order valence-corrected chi connectivity index (χ1v) is 6.16. The SMILES string of the molecule is CC(C)[C@H](NC(=O)N(C)CC1CCC1)C(=O)O. The molecule has 1 aliphatic rings. The van der Waals surface area contributed by atoms with Crippen molar-refractivity contribution in [3.63, 3.8) is 0 Å². The number of nitrogens with zero attached hydrogens (tertiary/aromatic N) is 1.